The van der Waals surface area contributed by atoms with Crippen LogP contribution in [0, 0.1) is 0 Å². The fourth-order valence-corrected chi connectivity index (χ4v) is 6.04. The number of hydrogen-bond donors (Lipinski definition) is 0. The zero-order valence-corrected chi connectivity index (χ0v) is 22.5. The van der Waals surface area contributed by atoms with Gasteiger partial charge in [-0.1, -0.05) is 80.4 Å². The Bertz CT molecular complexity index is 1060. The van der Waals surface area contributed by atoms with E-state index in [2.05, 4.69) is 62.4 Å². The van der Waals surface area contributed by atoms with Gasteiger partial charge in [0.05, 0.1) is 6.61 Å². The van der Waals surface area contributed by atoms with E-state index in [0.29, 0.717) is 25.0 Å². The van der Waals surface area contributed by atoms with Crippen LogP contribution in [-0.2, 0) is 29.9 Å². The topological polar surface area (TPSA) is 52.6 Å². The van der Waals surface area contributed by atoms with Crippen LogP contribution >= 0.6 is 0 Å². The van der Waals surface area contributed by atoms with Crippen molar-refractivity contribution in [2.24, 2.45) is 0 Å². The second-order valence-corrected chi connectivity index (χ2v) is 11.2. The molecule has 2 aromatic rings. The van der Waals surface area contributed by atoms with Gasteiger partial charge in [0.25, 0.3) is 0 Å². The molecule has 0 N–H and O–H groups in total. The predicted molar refractivity (Wildman–Crippen MR) is 147 cm³/mol. The van der Waals surface area contributed by atoms with Gasteiger partial charge in [-0.3, -0.25) is 9.59 Å². The van der Waals surface area contributed by atoms with Gasteiger partial charge in [-0.15, -0.1) is 0 Å². The Balaban J connectivity index is 1.22. The first-order valence-electron chi connectivity index (χ1n) is 14.1. The van der Waals surface area contributed by atoms with Gasteiger partial charge >= 0.3 is 5.97 Å². The lowest BCUT2D eigenvalue weighted by Crippen LogP contribution is -2.36. The van der Waals surface area contributed by atoms with Crippen LogP contribution in [0.2, 0.25) is 0 Å². The highest BCUT2D eigenvalue weighted by atomic mass is 16.6. The molecule has 3 unspecified atom stereocenters. The Hall–Kier alpha value is -2.88. The number of ketones is 1. The lowest BCUT2D eigenvalue weighted by atomic mass is 9.72. The molecule has 2 aromatic carbocycles. The first-order valence-corrected chi connectivity index (χ1v) is 14.1. The van der Waals surface area contributed by atoms with E-state index in [1.165, 1.54) is 11.1 Å². The zero-order valence-electron chi connectivity index (χ0n) is 22.5. The molecule has 0 radical (unpaired) electrons. The molecule has 0 amide bonds. The van der Waals surface area contributed by atoms with Crippen molar-refractivity contribution in [1.29, 1.82) is 0 Å². The molecule has 0 aromatic heterocycles. The zero-order chi connectivity index (χ0) is 26.1. The Kier molecular flexibility index (Phi) is 9.23. The summed E-state index contributed by atoms with van der Waals surface area (Å²) in [5.74, 6) is 1.34. The molecule has 2 aliphatic heterocycles. The maximum absolute atomic E-state index is 12.7. The number of benzene rings is 2. The Morgan fingerprint density at radius 1 is 0.865 bits per heavy atom. The molecule has 3 atom stereocenters. The first-order chi connectivity index (χ1) is 17.9. The summed E-state index contributed by atoms with van der Waals surface area (Å²) in [5.41, 5.74) is 2.15. The summed E-state index contributed by atoms with van der Waals surface area (Å²) in [4.78, 5) is 24.5. The van der Waals surface area contributed by atoms with Crippen LogP contribution in [0.3, 0.4) is 0 Å². The number of hydrogen-bond acceptors (Lipinski definition) is 4. The number of carbonyl (C=O) groups is 2. The summed E-state index contributed by atoms with van der Waals surface area (Å²) in [7, 11) is 0. The van der Waals surface area contributed by atoms with Gasteiger partial charge in [-0.2, -0.15) is 0 Å². The van der Waals surface area contributed by atoms with Crippen LogP contribution in [0.4, 0.5) is 0 Å². The van der Waals surface area contributed by atoms with E-state index < -0.39 is 0 Å². The van der Waals surface area contributed by atoms with Gasteiger partial charge < -0.3 is 9.47 Å². The lowest BCUT2D eigenvalue weighted by molar-refractivity contribution is -0.143. The van der Waals surface area contributed by atoms with E-state index in [9.17, 15) is 9.59 Å². The third-order valence-electron chi connectivity index (χ3n) is 8.47. The predicted octanol–water partition coefficient (Wildman–Crippen LogP) is 7.60. The van der Waals surface area contributed by atoms with Crippen molar-refractivity contribution in [2.45, 2.75) is 101 Å². The fraction of sp³-hybridized carbons (Fsp3) is 0.515. The van der Waals surface area contributed by atoms with Crippen molar-refractivity contribution in [3.05, 3.63) is 83.6 Å². The minimum atomic E-state index is -0.213. The molecule has 0 bridgehead atoms. The number of unbranched alkanes of at least 4 members (excludes halogenated alkanes) is 2. The molecule has 2 aliphatic rings. The normalized spacial score (nSPS) is 20.4. The number of Topliss-reactive ketones (excluding diaryl/α,β-unsaturated/α-hetero) is 1. The summed E-state index contributed by atoms with van der Waals surface area (Å²) in [6.45, 7) is 5.25. The van der Waals surface area contributed by atoms with Gasteiger partial charge in [0.2, 0.25) is 0 Å². The standard InChI is InChI=1S/C33H42O4/c1-32(29-20-13-25-36-29,26-14-5-3-6-15-26)23-11-9-18-28(34)19-10-12-24-33(2,27-16-7-4-8-17-27)30-21-22-31(35)37-30/h3-8,14-17,20,30H,9-13,18-19,21-25H2,1-2H3. The first kappa shape index (κ1) is 27.2. The smallest absolute Gasteiger partial charge is 0.306 e. The Labute approximate surface area is 222 Å². The van der Waals surface area contributed by atoms with Crippen LogP contribution in [-0.4, -0.2) is 24.5 Å². The molecule has 2 heterocycles. The minimum Gasteiger partial charge on any atom is -0.497 e. The number of rotatable bonds is 14. The molecule has 4 rings (SSSR count). The average molecular weight is 503 g/mol. The van der Waals surface area contributed by atoms with Gasteiger partial charge in [-0.25, -0.2) is 0 Å². The van der Waals surface area contributed by atoms with Gasteiger partial charge in [-0.05, 0) is 56.2 Å². The van der Waals surface area contributed by atoms with E-state index in [0.717, 1.165) is 63.7 Å². The molecule has 1 fully saturated rings. The van der Waals surface area contributed by atoms with Crippen molar-refractivity contribution < 1.29 is 19.1 Å². The largest absolute Gasteiger partial charge is 0.497 e. The second-order valence-electron chi connectivity index (χ2n) is 11.2. The van der Waals surface area contributed by atoms with Gasteiger partial charge in [0.1, 0.15) is 17.6 Å². The summed E-state index contributed by atoms with van der Waals surface area (Å²) in [6, 6.07) is 21.0. The Morgan fingerprint density at radius 2 is 1.49 bits per heavy atom. The van der Waals surface area contributed by atoms with E-state index in [1.54, 1.807) is 0 Å². The molecular weight excluding hydrogens is 460 g/mol. The van der Waals surface area contributed by atoms with Gasteiger partial charge in [0.15, 0.2) is 0 Å². The van der Waals surface area contributed by atoms with Crippen LogP contribution in [0.5, 0.6) is 0 Å². The van der Waals surface area contributed by atoms with Crippen LogP contribution in [0.25, 0.3) is 0 Å². The lowest BCUT2D eigenvalue weighted by Gasteiger charge is -2.35. The fourth-order valence-electron chi connectivity index (χ4n) is 6.04. The van der Waals surface area contributed by atoms with Gasteiger partial charge in [0, 0.05) is 36.5 Å². The minimum absolute atomic E-state index is 0.0870. The van der Waals surface area contributed by atoms with Crippen molar-refractivity contribution in [3.8, 4) is 0 Å². The summed E-state index contributed by atoms with van der Waals surface area (Å²) < 4.78 is 11.7. The monoisotopic (exact) mass is 502 g/mol. The number of esters is 1. The highest BCUT2D eigenvalue weighted by Crippen LogP contribution is 2.41. The summed E-state index contributed by atoms with van der Waals surface area (Å²) in [5, 5.41) is 0. The maximum atomic E-state index is 12.7. The summed E-state index contributed by atoms with van der Waals surface area (Å²) >= 11 is 0. The van der Waals surface area contributed by atoms with E-state index >= 15 is 0 Å². The van der Waals surface area contributed by atoms with Crippen molar-refractivity contribution >= 4 is 11.8 Å². The van der Waals surface area contributed by atoms with E-state index in [4.69, 9.17) is 9.47 Å². The number of ether oxygens (including phenoxy) is 2. The number of cyclic esters (lactones) is 1. The third-order valence-corrected chi connectivity index (χ3v) is 8.47. The van der Waals surface area contributed by atoms with Crippen LogP contribution in [0.15, 0.2) is 72.5 Å². The highest BCUT2D eigenvalue weighted by molar-refractivity contribution is 5.78. The molecule has 0 aliphatic carbocycles. The Morgan fingerprint density at radius 3 is 2.05 bits per heavy atom. The van der Waals surface area contributed by atoms with Crippen LogP contribution in [0.1, 0.15) is 95.6 Å². The third kappa shape index (κ3) is 6.71. The number of carbonyl (C=O) groups excluding carboxylic acids is 2. The van der Waals surface area contributed by atoms with Crippen molar-refractivity contribution in [3.63, 3.8) is 0 Å². The maximum Gasteiger partial charge on any atom is 0.306 e. The molecule has 4 nitrogen and oxygen atoms in total. The molecule has 4 heteroatoms. The van der Waals surface area contributed by atoms with Crippen LogP contribution < -0.4 is 0 Å². The van der Waals surface area contributed by atoms with E-state index in [1.807, 2.05) is 18.2 Å². The summed E-state index contributed by atoms with van der Waals surface area (Å²) in [6.07, 6.45) is 11.3. The second kappa shape index (κ2) is 12.6. The molecule has 0 spiro atoms. The molecule has 1 saturated heterocycles. The average Bonchev–Trinajstić information content (AvgIpc) is 3.63. The van der Waals surface area contributed by atoms with Crippen molar-refractivity contribution in [1.82, 2.24) is 0 Å². The highest BCUT2D eigenvalue weighted by Gasteiger charge is 2.41. The molecule has 198 valence electrons. The molecule has 0 saturated carbocycles. The molecule has 37 heavy (non-hydrogen) atoms. The SMILES string of the molecule is CC(CCCCC(=O)CCCCC(C)(c1ccccc1)C1CCC(=O)O1)(C1=CCCO1)c1ccccc1. The molecular formula is C33H42O4. The van der Waals surface area contributed by atoms with Crippen molar-refractivity contribution in [2.75, 3.05) is 6.61 Å². The number of allylic oxidation sites excluding steroid dienone is 1. The quantitative estimate of drug-likeness (QED) is 0.197. The van der Waals surface area contributed by atoms with E-state index in [-0.39, 0.29) is 22.9 Å².